The van der Waals surface area contributed by atoms with Gasteiger partial charge in [-0.25, -0.2) is 0 Å². The minimum absolute atomic E-state index is 0.184. The topological polar surface area (TPSA) is 69.7 Å². The second-order valence-corrected chi connectivity index (χ2v) is 8.30. The molecule has 0 amide bonds. The highest BCUT2D eigenvalue weighted by Gasteiger charge is 2.28. The van der Waals surface area contributed by atoms with Crippen molar-refractivity contribution in [3.63, 3.8) is 0 Å². The van der Waals surface area contributed by atoms with E-state index in [1.165, 1.54) is 0 Å². The molecular formula is C13H26O5S2. The van der Waals surface area contributed by atoms with Gasteiger partial charge in [0.2, 0.25) is 0 Å². The maximum Gasteiger partial charge on any atom is 0.163 e. The van der Waals surface area contributed by atoms with Crippen molar-refractivity contribution in [1.82, 2.24) is 0 Å². The van der Waals surface area contributed by atoms with Gasteiger partial charge in [-0.2, -0.15) is 0 Å². The number of hydrogen-bond acceptors (Lipinski definition) is 5. The molecule has 0 spiro atoms. The van der Waals surface area contributed by atoms with Crippen LogP contribution < -0.4 is 0 Å². The highest BCUT2D eigenvalue weighted by molar-refractivity contribution is 7.88. The zero-order valence-electron chi connectivity index (χ0n) is 12.8. The summed E-state index contributed by atoms with van der Waals surface area (Å²) >= 11 is 0. The Kier molecular flexibility index (Phi) is 11.5. The van der Waals surface area contributed by atoms with Gasteiger partial charge >= 0.3 is 0 Å². The highest BCUT2D eigenvalue weighted by atomic mass is 32.2. The van der Waals surface area contributed by atoms with Crippen molar-refractivity contribution in [3.8, 4) is 0 Å². The zero-order valence-corrected chi connectivity index (χ0v) is 14.4. The fourth-order valence-corrected chi connectivity index (χ4v) is 4.16. The van der Waals surface area contributed by atoms with Crippen LogP contribution in [0.2, 0.25) is 0 Å². The van der Waals surface area contributed by atoms with Crippen molar-refractivity contribution in [3.05, 3.63) is 0 Å². The van der Waals surface area contributed by atoms with Gasteiger partial charge in [-0.05, 0) is 26.7 Å². The number of Topliss-reactive ketones (excluding diaryl/α,β-unsaturated/α-hetero) is 1. The Morgan fingerprint density at radius 2 is 1.25 bits per heavy atom. The normalized spacial score (nSPS) is 17.4. The van der Waals surface area contributed by atoms with Crippen LogP contribution in [-0.4, -0.2) is 63.6 Å². The summed E-state index contributed by atoms with van der Waals surface area (Å²) in [4.78, 5) is 12.1. The number of ketones is 1. The molecule has 120 valence electrons. The zero-order chi connectivity index (χ0) is 15.5. The molecule has 0 saturated carbocycles. The minimum Gasteiger partial charge on any atom is -0.385 e. The van der Waals surface area contributed by atoms with Crippen LogP contribution in [0, 0.1) is 0 Å². The van der Waals surface area contributed by atoms with E-state index >= 15 is 0 Å². The lowest BCUT2D eigenvalue weighted by atomic mass is 10.2. The molecule has 7 heteroatoms. The largest absolute Gasteiger partial charge is 0.385 e. The van der Waals surface area contributed by atoms with Crippen molar-refractivity contribution in [2.45, 2.75) is 37.2 Å². The van der Waals surface area contributed by atoms with E-state index in [4.69, 9.17) is 9.47 Å². The van der Waals surface area contributed by atoms with Crippen molar-refractivity contribution in [2.75, 3.05) is 38.9 Å². The fourth-order valence-electron chi connectivity index (χ4n) is 1.63. The molecule has 0 aliphatic heterocycles. The van der Waals surface area contributed by atoms with Gasteiger partial charge in [0, 0.05) is 60.5 Å². The predicted molar refractivity (Wildman–Crippen MR) is 82.9 cm³/mol. The molecule has 0 aliphatic carbocycles. The number of hydrogen-bond donors (Lipinski definition) is 0. The molecule has 0 rings (SSSR count). The Bertz CT molecular complexity index is 303. The first-order valence-electron chi connectivity index (χ1n) is 6.71. The Balaban J connectivity index is 4.26. The van der Waals surface area contributed by atoms with Crippen LogP contribution in [0.25, 0.3) is 0 Å². The second kappa shape index (κ2) is 11.5. The fraction of sp³-hybridized carbons (Fsp3) is 0.923. The van der Waals surface area contributed by atoms with Gasteiger partial charge in [0.25, 0.3) is 0 Å². The first-order chi connectivity index (χ1) is 9.45. The van der Waals surface area contributed by atoms with Crippen LogP contribution in [0.15, 0.2) is 0 Å². The summed E-state index contributed by atoms with van der Waals surface area (Å²) in [6.07, 6.45) is 1.32. The molecule has 0 bridgehead atoms. The van der Waals surface area contributed by atoms with Crippen molar-refractivity contribution < 1.29 is 22.7 Å². The molecule has 0 N–H and O–H groups in total. The van der Waals surface area contributed by atoms with E-state index in [-0.39, 0.29) is 5.78 Å². The summed E-state index contributed by atoms with van der Waals surface area (Å²) in [6, 6.07) is 0. The van der Waals surface area contributed by atoms with E-state index in [2.05, 4.69) is 0 Å². The molecule has 0 radical (unpaired) electrons. The highest BCUT2D eigenvalue weighted by Crippen LogP contribution is 2.09. The van der Waals surface area contributed by atoms with E-state index in [0.29, 0.717) is 37.6 Å². The maximum atomic E-state index is 12.1. The van der Waals surface area contributed by atoms with E-state index in [0.717, 1.165) is 0 Å². The number of rotatable bonds is 12. The SMILES string of the molecule is COCCCS(=O)C(C)C(=O)C(C)S(=O)CCCOC. The van der Waals surface area contributed by atoms with Crippen LogP contribution in [0.4, 0.5) is 0 Å². The van der Waals surface area contributed by atoms with E-state index in [1.807, 2.05) is 0 Å². The van der Waals surface area contributed by atoms with Crippen LogP contribution >= 0.6 is 0 Å². The lowest BCUT2D eigenvalue weighted by Crippen LogP contribution is -2.36. The quantitative estimate of drug-likeness (QED) is 0.499. The monoisotopic (exact) mass is 326 g/mol. The van der Waals surface area contributed by atoms with E-state index in [1.54, 1.807) is 28.1 Å². The molecule has 5 nitrogen and oxygen atoms in total. The van der Waals surface area contributed by atoms with Gasteiger partial charge < -0.3 is 9.47 Å². The Morgan fingerprint density at radius 1 is 0.900 bits per heavy atom. The molecule has 4 unspecified atom stereocenters. The maximum absolute atomic E-state index is 12.1. The van der Waals surface area contributed by atoms with Gasteiger partial charge in [0.1, 0.15) is 0 Å². The lowest BCUT2D eigenvalue weighted by molar-refractivity contribution is -0.117. The summed E-state index contributed by atoms with van der Waals surface area (Å²) < 4.78 is 33.7. The van der Waals surface area contributed by atoms with Crippen molar-refractivity contribution in [1.29, 1.82) is 0 Å². The minimum atomic E-state index is -1.23. The molecule has 0 aromatic heterocycles. The summed E-state index contributed by atoms with van der Waals surface area (Å²) in [5.41, 5.74) is 0. The Hall–Kier alpha value is -0.110. The second-order valence-electron chi connectivity index (χ2n) is 4.55. The summed E-state index contributed by atoms with van der Waals surface area (Å²) in [7, 11) is 0.713. The van der Waals surface area contributed by atoms with Crippen LogP contribution in [0.5, 0.6) is 0 Å². The number of carbonyl (C=O) groups excluding carboxylic acids is 1. The lowest BCUT2D eigenvalue weighted by Gasteiger charge is -2.15. The van der Waals surface area contributed by atoms with E-state index < -0.39 is 32.1 Å². The Labute approximate surface area is 126 Å². The molecule has 0 saturated heterocycles. The average molecular weight is 326 g/mol. The molecule has 0 aliphatic rings. The third-order valence-corrected chi connectivity index (χ3v) is 6.40. The molecule has 4 atom stereocenters. The van der Waals surface area contributed by atoms with Crippen molar-refractivity contribution in [2.24, 2.45) is 0 Å². The average Bonchev–Trinajstić information content (AvgIpc) is 2.45. The molecule has 20 heavy (non-hydrogen) atoms. The number of ether oxygens (including phenoxy) is 2. The van der Waals surface area contributed by atoms with Gasteiger partial charge in [-0.15, -0.1) is 0 Å². The third kappa shape index (κ3) is 7.61. The Morgan fingerprint density at radius 3 is 1.55 bits per heavy atom. The number of carbonyl (C=O) groups is 1. The summed E-state index contributed by atoms with van der Waals surface area (Å²) in [5.74, 6) is 0.685. The summed E-state index contributed by atoms with van der Waals surface area (Å²) in [6.45, 7) is 4.36. The molecule has 0 fully saturated rings. The standard InChI is InChI=1S/C13H26O5S2/c1-11(19(15)9-5-7-17-3)13(14)12(2)20(16)10-6-8-18-4/h11-12H,5-10H2,1-4H3. The van der Waals surface area contributed by atoms with Crippen LogP contribution in [0.1, 0.15) is 26.7 Å². The molecule has 0 aromatic rings. The summed E-state index contributed by atoms with van der Waals surface area (Å²) in [5, 5.41) is -1.15. The van der Waals surface area contributed by atoms with E-state index in [9.17, 15) is 13.2 Å². The smallest absolute Gasteiger partial charge is 0.163 e. The first kappa shape index (κ1) is 19.9. The van der Waals surface area contributed by atoms with Crippen molar-refractivity contribution >= 4 is 27.4 Å². The van der Waals surface area contributed by atoms with Gasteiger partial charge in [0.15, 0.2) is 5.78 Å². The first-order valence-corrected chi connectivity index (χ1v) is 9.48. The van der Waals surface area contributed by atoms with Crippen LogP contribution in [-0.2, 0) is 35.9 Å². The molecule has 0 heterocycles. The van der Waals surface area contributed by atoms with Gasteiger partial charge in [0.05, 0.1) is 10.5 Å². The number of methoxy groups -OCH3 is 2. The van der Waals surface area contributed by atoms with Gasteiger partial charge in [-0.1, -0.05) is 0 Å². The molecular weight excluding hydrogens is 300 g/mol. The third-order valence-electron chi connectivity index (χ3n) is 2.98. The van der Waals surface area contributed by atoms with Crippen LogP contribution in [0.3, 0.4) is 0 Å². The predicted octanol–water partition coefficient (Wildman–Crippen LogP) is 0.903. The van der Waals surface area contributed by atoms with Gasteiger partial charge in [-0.3, -0.25) is 13.2 Å². The molecule has 0 aromatic carbocycles.